The summed E-state index contributed by atoms with van der Waals surface area (Å²) in [6.07, 6.45) is 1.89. The normalized spacial score (nSPS) is 19.7. The number of ether oxygens (including phenoxy) is 1. The first-order valence-corrected chi connectivity index (χ1v) is 6.69. The minimum atomic E-state index is 0.497. The number of nitrogens with one attached hydrogen (secondary N) is 1. The predicted molar refractivity (Wildman–Crippen MR) is 78.0 cm³/mol. The molecule has 4 heteroatoms. The van der Waals surface area contributed by atoms with Gasteiger partial charge in [0.25, 0.3) is 0 Å². The van der Waals surface area contributed by atoms with Gasteiger partial charge in [-0.3, -0.25) is 0 Å². The van der Waals surface area contributed by atoms with Crippen LogP contribution in [0, 0.1) is 0 Å². The first-order chi connectivity index (χ1) is 9.28. The highest BCUT2D eigenvalue weighted by Crippen LogP contribution is 2.28. The predicted octanol–water partition coefficient (Wildman–Crippen LogP) is 2.04. The van der Waals surface area contributed by atoms with Crippen molar-refractivity contribution in [1.82, 2.24) is 10.3 Å². The Morgan fingerprint density at radius 1 is 1.37 bits per heavy atom. The van der Waals surface area contributed by atoms with Crippen LogP contribution in [0.5, 0.6) is 5.75 Å². The van der Waals surface area contributed by atoms with Gasteiger partial charge in [-0.05, 0) is 30.5 Å². The third-order valence-electron chi connectivity index (χ3n) is 3.62. The summed E-state index contributed by atoms with van der Waals surface area (Å²) in [5.74, 6) is 1.94. The van der Waals surface area contributed by atoms with Crippen LogP contribution in [0.4, 0.5) is 5.82 Å². The third-order valence-corrected chi connectivity index (χ3v) is 3.62. The molecule has 1 fully saturated rings. The summed E-state index contributed by atoms with van der Waals surface area (Å²) in [5, 5.41) is 5.83. The first-order valence-electron chi connectivity index (χ1n) is 6.69. The first kappa shape index (κ1) is 12.2. The summed E-state index contributed by atoms with van der Waals surface area (Å²) in [6.45, 7) is 5.19. The van der Waals surface area contributed by atoms with Crippen molar-refractivity contribution in [3.8, 4) is 5.75 Å². The number of nitrogens with zero attached hydrogens (tertiary/aromatic N) is 2. The van der Waals surface area contributed by atoms with E-state index in [1.54, 1.807) is 7.11 Å². The molecule has 2 heterocycles. The Balaban J connectivity index is 2.06. The van der Waals surface area contributed by atoms with Crippen molar-refractivity contribution in [3.05, 3.63) is 30.5 Å². The standard InChI is InChI=1S/C15H19N3O/c1-11-10-18(8-7-16-11)15-14-9-13(19-2)4-3-12(14)5-6-17-15/h3-6,9,11,16H,7-8,10H2,1-2H3/t11-/m1/s1. The largest absolute Gasteiger partial charge is 0.497 e. The molecule has 1 aromatic carbocycles. The van der Waals surface area contributed by atoms with E-state index in [0.717, 1.165) is 36.6 Å². The minimum absolute atomic E-state index is 0.497. The Labute approximate surface area is 113 Å². The molecule has 0 unspecified atom stereocenters. The molecule has 4 nitrogen and oxygen atoms in total. The topological polar surface area (TPSA) is 37.4 Å². The number of piperazine rings is 1. The fourth-order valence-corrected chi connectivity index (χ4v) is 2.64. The molecule has 3 rings (SSSR count). The van der Waals surface area contributed by atoms with Crippen LogP contribution in [0.15, 0.2) is 30.5 Å². The molecule has 0 bridgehead atoms. The van der Waals surface area contributed by atoms with Gasteiger partial charge < -0.3 is 15.0 Å². The Morgan fingerprint density at radius 2 is 2.26 bits per heavy atom. The molecule has 0 spiro atoms. The number of pyridine rings is 1. The van der Waals surface area contributed by atoms with Gasteiger partial charge >= 0.3 is 0 Å². The van der Waals surface area contributed by atoms with Crippen LogP contribution in [0.2, 0.25) is 0 Å². The molecule has 0 aliphatic carbocycles. The van der Waals surface area contributed by atoms with Gasteiger partial charge in [-0.2, -0.15) is 0 Å². The van der Waals surface area contributed by atoms with Gasteiger partial charge in [0, 0.05) is 37.3 Å². The van der Waals surface area contributed by atoms with E-state index in [4.69, 9.17) is 4.74 Å². The number of anilines is 1. The maximum atomic E-state index is 5.33. The van der Waals surface area contributed by atoms with E-state index < -0.39 is 0 Å². The second kappa shape index (κ2) is 5.05. The van der Waals surface area contributed by atoms with Gasteiger partial charge in [-0.25, -0.2) is 4.98 Å². The lowest BCUT2D eigenvalue weighted by Gasteiger charge is -2.33. The number of fused-ring (bicyclic) bond motifs is 1. The molecule has 19 heavy (non-hydrogen) atoms. The summed E-state index contributed by atoms with van der Waals surface area (Å²) in [4.78, 5) is 6.93. The molecule has 1 N–H and O–H groups in total. The Kier molecular flexibility index (Phi) is 3.25. The van der Waals surface area contributed by atoms with Crippen molar-refractivity contribution in [2.75, 3.05) is 31.6 Å². The molecule has 2 aromatic rings. The highest BCUT2D eigenvalue weighted by atomic mass is 16.5. The quantitative estimate of drug-likeness (QED) is 0.893. The van der Waals surface area contributed by atoms with Crippen LogP contribution < -0.4 is 15.0 Å². The molecule has 1 aromatic heterocycles. The Morgan fingerprint density at radius 3 is 3.05 bits per heavy atom. The number of aromatic nitrogens is 1. The lowest BCUT2D eigenvalue weighted by Crippen LogP contribution is -2.49. The molecule has 1 saturated heterocycles. The van der Waals surface area contributed by atoms with Gasteiger partial charge in [0.15, 0.2) is 0 Å². The lowest BCUT2D eigenvalue weighted by atomic mass is 10.1. The Hall–Kier alpha value is -1.81. The second-order valence-electron chi connectivity index (χ2n) is 5.02. The number of rotatable bonds is 2. The lowest BCUT2D eigenvalue weighted by molar-refractivity contribution is 0.415. The van der Waals surface area contributed by atoms with E-state index in [2.05, 4.69) is 34.3 Å². The zero-order valence-electron chi connectivity index (χ0n) is 11.4. The van der Waals surface area contributed by atoms with Crippen molar-refractivity contribution >= 4 is 16.6 Å². The molecular formula is C15H19N3O. The Bertz CT molecular complexity index is 585. The molecule has 0 saturated carbocycles. The zero-order valence-corrected chi connectivity index (χ0v) is 11.4. The fourth-order valence-electron chi connectivity index (χ4n) is 2.64. The van der Waals surface area contributed by atoms with Crippen LogP contribution >= 0.6 is 0 Å². The second-order valence-corrected chi connectivity index (χ2v) is 5.02. The van der Waals surface area contributed by atoms with Gasteiger partial charge in [0.2, 0.25) is 0 Å². The van der Waals surface area contributed by atoms with E-state index in [9.17, 15) is 0 Å². The van der Waals surface area contributed by atoms with Gasteiger partial charge in [-0.1, -0.05) is 6.07 Å². The van der Waals surface area contributed by atoms with Crippen molar-refractivity contribution in [2.24, 2.45) is 0 Å². The summed E-state index contributed by atoms with van der Waals surface area (Å²) in [5.41, 5.74) is 0. The number of hydrogen-bond donors (Lipinski definition) is 1. The van der Waals surface area contributed by atoms with Crippen LogP contribution in [0.25, 0.3) is 10.8 Å². The van der Waals surface area contributed by atoms with Crippen molar-refractivity contribution < 1.29 is 4.74 Å². The van der Waals surface area contributed by atoms with E-state index in [1.807, 2.05) is 18.3 Å². The molecule has 1 aliphatic rings. The SMILES string of the molecule is COc1ccc2ccnc(N3CCN[C@H](C)C3)c2c1. The fraction of sp³-hybridized carbons (Fsp3) is 0.400. The summed E-state index contributed by atoms with van der Waals surface area (Å²) < 4.78 is 5.33. The summed E-state index contributed by atoms with van der Waals surface area (Å²) in [6, 6.07) is 8.70. The van der Waals surface area contributed by atoms with Crippen molar-refractivity contribution in [2.45, 2.75) is 13.0 Å². The molecule has 0 radical (unpaired) electrons. The monoisotopic (exact) mass is 257 g/mol. The highest BCUT2D eigenvalue weighted by molar-refractivity contribution is 5.93. The minimum Gasteiger partial charge on any atom is -0.497 e. The van der Waals surface area contributed by atoms with E-state index in [0.29, 0.717) is 6.04 Å². The van der Waals surface area contributed by atoms with Crippen LogP contribution in [0.1, 0.15) is 6.92 Å². The molecule has 1 aliphatic heterocycles. The van der Waals surface area contributed by atoms with Gasteiger partial charge in [0.05, 0.1) is 7.11 Å². The maximum absolute atomic E-state index is 5.33. The smallest absolute Gasteiger partial charge is 0.136 e. The zero-order chi connectivity index (χ0) is 13.2. The van der Waals surface area contributed by atoms with Crippen LogP contribution in [-0.4, -0.2) is 37.8 Å². The van der Waals surface area contributed by atoms with Crippen LogP contribution in [-0.2, 0) is 0 Å². The van der Waals surface area contributed by atoms with Crippen molar-refractivity contribution in [3.63, 3.8) is 0 Å². The number of methoxy groups -OCH3 is 1. The highest BCUT2D eigenvalue weighted by Gasteiger charge is 2.18. The maximum Gasteiger partial charge on any atom is 0.136 e. The molecule has 0 amide bonds. The summed E-state index contributed by atoms with van der Waals surface area (Å²) >= 11 is 0. The van der Waals surface area contributed by atoms with E-state index >= 15 is 0 Å². The summed E-state index contributed by atoms with van der Waals surface area (Å²) in [7, 11) is 1.70. The van der Waals surface area contributed by atoms with E-state index in [-0.39, 0.29) is 0 Å². The van der Waals surface area contributed by atoms with Gasteiger partial charge in [0.1, 0.15) is 11.6 Å². The molecular weight excluding hydrogens is 238 g/mol. The molecule has 1 atom stereocenters. The average Bonchev–Trinajstić information content (AvgIpc) is 2.46. The van der Waals surface area contributed by atoms with Gasteiger partial charge in [-0.15, -0.1) is 0 Å². The number of benzene rings is 1. The third kappa shape index (κ3) is 2.36. The van der Waals surface area contributed by atoms with Crippen LogP contribution in [0.3, 0.4) is 0 Å². The number of hydrogen-bond acceptors (Lipinski definition) is 4. The van der Waals surface area contributed by atoms with Crippen molar-refractivity contribution in [1.29, 1.82) is 0 Å². The molecule has 100 valence electrons. The average molecular weight is 257 g/mol. The van der Waals surface area contributed by atoms with E-state index in [1.165, 1.54) is 5.39 Å².